The Morgan fingerprint density at radius 3 is 2.22 bits per heavy atom. The Balaban J connectivity index is 2.53. The molecule has 0 aliphatic rings. The second kappa shape index (κ2) is 8.91. The lowest BCUT2D eigenvalue weighted by Crippen LogP contribution is -2.49. The van der Waals surface area contributed by atoms with Gasteiger partial charge in [-0.05, 0) is 45.0 Å². The van der Waals surface area contributed by atoms with Crippen LogP contribution in [0.1, 0.15) is 20.8 Å². The number of esters is 1. The van der Waals surface area contributed by atoms with Crippen molar-refractivity contribution in [2.45, 2.75) is 31.2 Å². The minimum absolute atomic E-state index is 0.198. The molecule has 0 spiro atoms. The summed E-state index contributed by atoms with van der Waals surface area (Å²) in [6.45, 7) is 3.74. The molecule has 1 rings (SSSR count). The maximum absolute atomic E-state index is 12.9. The van der Waals surface area contributed by atoms with Crippen molar-refractivity contribution in [2.75, 3.05) is 20.2 Å². The number of hydrogen-bond donors (Lipinski definition) is 2. The van der Waals surface area contributed by atoms with Crippen LogP contribution in [-0.4, -0.2) is 56.4 Å². The van der Waals surface area contributed by atoms with E-state index in [1.165, 1.54) is 0 Å². The summed E-state index contributed by atoms with van der Waals surface area (Å²) in [5, 5.41) is 4.46. The van der Waals surface area contributed by atoms with Crippen LogP contribution >= 0.6 is 0 Å². The van der Waals surface area contributed by atoms with Gasteiger partial charge in [0.2, 0.25) is 10.0 Å². The molecule has 0 saturated carbocycles. The standard InChI is InChI=1S/C16H22FN3O6S/c1-16(2,3)19-15(23)18-13(21)10-26-14(22)9-20(4)27(24,25)12-7-5-11(17)6-8-12/h5-8H,9-10H2,1-4H3,(H2,18,19,21,23). The van der Waals surface area contributed by atoms with Gasteiger partial charge in [-0.3, -0.25) is 14.9 Å². The molecule has 0 fully saturated rings. The van der Waals surface area contributed by atoms with Gasteiger partial charge in [0.1, 0.15) is 12.4 Å². The number of ether oxygens (including phenoxy) is 1. The van der Waals surface area contributed by atoms with Crippen molar-refractivity contribution in [3.63, 3.8) is 0 Å². The van der Waals surface area contributed by atoms with E-state index in [1.807, 2.05) is 5.32 Å². The fourth-order valence-electron chi connectivity index (χ4n) is 1.78. The molecule has 9 nitrogen and oxygen atoms in total. The number of rotatable bonds is 6. The average Bonchev–Trinajstić information content (AvgIpc) is 2.51. The van der Waals surface area contributed by atoms with Crippen molar-refractivity contribution in [3.8, 4) is 0 Å². The lowest BCUT2D eigenvalue weighted by Gasteiger charge is -2.20. The van der Waals surface area contributed by atoms with E-state index in [0.29, 0.717) is 4.31 Å². The molecule has 27 heavy (non-hydrogen) atoms. The molecule has 3 amide bonds. The Labute approximate surface area is 156 Å². The summed E-state index contributed by atoms with van der Waals surface area (Å²) < 4.78 is 42.8. The normalized spacial score (nSPS) is 11.8. The van der Waals surface area contributed by atoms with Crippen molar-refractivity contribution in [1.29, 1.82) is 0 Å². The number of hydrogen-bond acceptors (Lipinski definition) is 6. The minimum Gasteiger partial charge on any atom is -0.455 e. The molecule has 1 aromatic carbocycles. The van der Waals surface area contributed by atoms with Crippen molar-refractivity contribution in [1.82, 2.24) is 14.9 Å². The van der Waals surface area contributed by atoms with Gasteiger partial charge in [-0.25, -0.2) is 17.6 Å². The fraction of sp³-hybridized carbons (Fsp3) is 0.438. The molecule has 0 aliphatic carbocycles. The summed E-state index contributed by atoms with van der Waals surface area (Å²) in [6.07, 6.45) is 0. The van der Waals surface area contributed by atoms with Crippen LogP contribution in [0.15, 0.2) is 29.2 Å². The van der Waals surface area contributed by atoms with Crippen LogP contribution in [-0.2, 0) is 24.3 Å². The van der Waals surface area contributed by atoms with Crippen molar-refractivity contribution < 1.29 is 31.9 Å². The summed E-state index contributed by atoms with van der Waals surface area (Å²) >= 11 is 0. The van der Waals surface area contributed by atoms with E-state index >= 15 is 0 Å². The monoisotopic (exact) mass is 403 g/mol. The van der Waals surface area contributed by atoms with E-state index in [2.05, 4.69) is 10.1 Å². The summed E-state index contributed by atoms with van der Waals surface area (Å²) in [7, 11) is -2.89. The molecule has 150 valence electrons. The predicted molar refractivity (Wildman–Crippen MR) is 93.6 cm³/mol. The number of sulfonamides is 1. The van der Waals surface area contributed by atoms with Crippen LogP contribution in [0, 0.1) is 5.82 Å². The molecule has 0 unspecified atom stereocenters. The van der Waals surface area contributed by atoms with Crippen LogP contribution in [0.5, 0.6) is 0 Å². The second-order valence-corrected chi connectivity index (χ2v) is 8.67. The third-order valence-electron chi connectivity index (χ3n) is 2.98. The molecule has 2 N–H and O–H groups in total. The summed E-state index contributed by atoms with van der Waals surface area (Å²) in [5.74, 6) is -2.46. The highest BCUT2D eigenvalue weighted by atomic mass is 32.2. The first kappa shape index (κ1) is 22.5. The van der Waals surface area contributed by atoms with Crippen LogP contribution < -0.4 is 10.6 Å². The van der Waals surface area contributed by atoms with Gasteiger partial charge >= 0.3 is 12.0 Å². The first-order valence-corrected chi connectivity index (χ1v) is 9.25. The SMILES string of the molecule is CN(CC(=O)OCC(=O)NC(=O)NC(C)(C)C)S(=O)(=O)c1ccc(F)cc1. The minimum atomic E-state index is -4.03. The average molecular weight is 403 g/mol. The van der Waals surface area contributed by atoms with Gasteiger partial charge in [0, 0.05) is 12.6 Å². The van der Waals surface area contributed by atoms with E-state index < -0.39 is 52.4 Å². The van der Waals surface area contributed by atoms with Gasteiger partial charge < -0.3 is 10.1 Å². The second-order valence-electron chi connectivity index (χ2n) is 6.63. The Hall–Kier alpha value is -2.53. The Kier molecular flexibility index (Phi) is 7.43. The summed E-state index contributed by atoms with van der Waals surface area (Å²) in [6, 6.07) is 3.33. The zero-order chi connectivity index (χ0) is 20.8. The summed E-state index contributed by atoms with van der Waals surface area (Å²) in [5.41, 5.74) is -0.557. The van der Waals surface area contributed by atoms with Gasteiger partial charge in [0.25, 0.3) is 5.91 Å². The highest BCUT2D eigenvalue weighted by Gasteiger charge is 2.24. The number of carbonyl (C=O) groups is 3. The highest BCUT2D eigenvalue weighted by molar-refractivity contribution is 7.89. The van der Waals surface area contributed by atoms with Gasteiger partial charge in [0.05, 0.1) is 4.90 Å². The lowest BCUT2D eigenvalue weighted by atomic mass is 10.1. The van der Waals surface area contributed by atoms with E-state index in [-0.39, 0.29) is 4.90 Å². The largest absolute Gasteiger partial charge is 0.455 e. The Bertz CT molecular complexity index is 802. The van der Waals surface area contributed by atoms with Crippen LogP contribution in [0.2, 0.25) is 0 Å². The topological polar surface area (TPSA) is 122 Å². The zero-order valence-corrected chi connectivity index (χ0v) is 16.2. The first-order valence-electron chi connectivity index (χ1n) is 7.81. The number of nitrogens with zero attached hydrogens (tertiary/aromatic N) is 1. The molecule has 11 heteroatoms. The summed E-state index contributed by atoms with van der Waals surface area (Å²) in [4.78, 5) is 34.6. The van der Waals surface area contributed by atoms with Gasteiger partial charge in [-0.15, -0.1) is 0 Å². The van der Waals surface area contributed by atoms with Crippen LogP contribution in [0.3, 0.4) is 0 Å². The molecule has 0 heterocycles. The molecule has 1 aromatic rings. The first-order chi connectivity index (χ1) is 12.3. The number of nitrogens with one attached hydrogen (secondary N) is 2. The maximum atomic E-state index is 12.9. The molecule has 0 atom stereocenters. The van der Waals surface area contributed by atoms with Gasteiger partial charge in [0.15, 0.2) is 6.61 Å². The molecular formula is C16H22FN3O6S. The predicted octanol–water partition coefficient (Wildman–Crippen LogP) is 0.614. The molecule has 0 aliphatic heterocycles. The van der Waals surface area contributed by atoms with Crippen LogP contribution in [0.25, 0.3) is 0 Å². The van der Waals surface area contributed by atoms with E-state index in [4.69, 9.17) is 0 Å². The highest BCUT2D eigenvalue weighted by Crippen LogP contribution is 2.14. The van der Waals surface area contributed by atoms with Gasteiger partial charge in [-0.1, -0.05) is 0 Å². The third-order valence-corrected chi connectivity index (χ3v) is 4.80. The Morgan fingerprint density at radius 2 is 1.70 bits per heavy atom. The van der Waals surface area contributed by atoms with Crippen molar-refractivity contribution >= 4 is 27.9 Å². The molecule has 0 saturated heterocycles. The zero-order valence-electron chi connectivity index (χ0n) is 15.4. The molecule has 0 bridgehead atoms. The van der Waals surface area contributed by atoms with Crippen molar-refractivity contribution in [3.05, 3.63) is 30.1 Å². The Morgan fingerprint density at radius 1 is 1.15 bits per heavy atom. The number of urea groups is 1. The third kappa shape index (κ3) is 7.71. The van der Waals surface area contributed by atoms with Crippen LogP contribution in [0.4, 0.5) is 9.18 Å². The van der Waals surface area contributed by atoms with E-state index in [9.17, 15) is 27.2 Å². The maximum Gasteiger partial charge on any atom is 0.321 e. The lowest BCUT2D eigenvalue weighted by molar-refractivity contribution is -0.148. The molecular weight excluding hydrogens is 381 g/mol. The number of imide groups is 1. The van der Waals surface area contributed by atoms with E-state index in [0.717, 1.165) is 31.3 Å². The molecule has 0 radical (unpaired) electrons. The van der Waals surface area contributed by atoms with E-state index in [1.54, 1.807) is 20.8 Å². The van der Waals surface area contributed by atoms with Crippen molar-refractivity contribution in [2.24, 2.45) is 0 Å². The van der Waals surface area contributed by atoms with Gasteiger partial charge in [-0.2, -0.15) is 4.31 Å². The number of likely N-dealkylation sites (N-methyl/N-ethyl adjacent to an activating group) is 1. The number of halogens is 1. The molecule has 0 aromatic heterocycles. The fourth-order valence-corrected chi connectivity index (χ4v) is 2.89. The number of carbonyl (C=O) groups excluding carboxylic acids is 3. The smallest absolute Gasteiger partial charge is 0.321 e. The number of benzene rings is 1. The number of amides is 3. The quantitative estimate of drug-likeness (QED) is 0.672.